The summed E-state index contributed by atoms with van der Waals surface area (Å²) in [6.45, 7) is 1.85. The number of sulfonamides is 1. The monoisotopic (exact) mass is 341 g/mol. The molecule has 0 aliphatic heterocycles. The molecule has 1 aromatic carbocycles. The Morgan fingerprint density at radius 3 is 2.26 bits per heavy atom. The fourth-order valence-corrected chi connectivity index (χ4v) is 4.07. The molecule has 1 aromatic rings. The first-order valence-corrected chi connectivity index (χ1v) is 8.99. The standard InChI is InChI=1S/C15H23N3O4S/c1-10-2-4-12(5-3-10)23(21,22)18-13(14(19)20)11-6-8-15(16,17)9-7-11/h2-5,11,13,18H,6-9,16-17H2,1H3,(H,19,20). The van der Waals surface area contributed by atoms with Gasteiger partial charge in [-0.25, -0.2) is 8.42 Å². The van der Waals surface area contributed by atoms with Gasteiger partial charge in [0, 0.05) is 0 Å². The smallest absolute Gasteiger partial charge is 0.322 e. The topological polar surface area (TPSA) is 136 Å². The average Bonchev–Trinajstić information content (AvgIpc) is 2.45. The van der Waals surface area contributed by atoms with Crippen molar-refractivity contribution in [2.24, 2.45) is 17.4 Å². The maximum Gasteiger partial charge on any atom is 0.322 e. The molecule has 0 aromatic heterocycles. The van der Waals surface area contributed by atoms with Crippen LogP contribution in [0.2, 0.25) is 0 Å². The minimum atomic E-state index is -3.89. The van der Waals surface area contributed by atoms with Crippen molar-refractivity contribution < 1.29 is 18.3 Å². The third-order valence-electron chi connectivity index (χ3n) is 4.31. The van der Waals surface area contributed by atoms with Gasteiger partial charge in [0.2, 0.25) is 10.0 Å². The number of hydrogen-bond acceptors (Lipinski definition) is 5. The molecule has 1 atom stereocenters. The highest BCUT2D eigenvalue weighted by Crippen LogP contribution is 2.30. The van der Waals surface area contributed by atoms with E-state index in [-0.39, 0.29) is 10.8 Å². The number of hydrogen-bond donors (Lipinski definition) is 4. The highest BCUT2D eigenvalue weighted by molar-refractivity contribution is 7.89. The van der Waals surface area contributed by atoms with Crippen LogP contribution in [0.3, 0.4) is 0 Å². The Morgan fingerprint density at radius 2 is 1.78 bits per heavy atom. The average molecular weight is 341 g/mol. The number of aryl methyl sites for hydroxylation is 1. The molecular formula is C15H23N3O4S. The van der Waals surface area contributed by atoms with Crippen LogP contribution in [0.15, 0.2) is 29.2 Å². The number of aliphatic carboxylic acids is 1. The summed E-state index contributed by atoms with van der Waals surface area (Å²) in [5.41, 5.74) is 11.8. The number of carboxylic acid groups (broad SMARTS) is 1. The fraction of sp³-hybridized carbons (Fsp3) is 0.533. The Kier molecular flexibility index (Phi) is 5.10. The first-order chi connectivity index (χ1) is 10.6. The summed E-state index contributed by atoms with van der Waals surface area (Å²) in [5, 5.41) is 9.42. The van der Waals surface area contributed by atoms with Crippen molar-refractivity contribution in [1.82, 2.24) is 4.72 Å². The second kappa shape index (κ2) is 6.56. The SMILES string of the molecule is Cc1ccc(S(=O)(=O)NC(C(=O)O)C2CCC(N)(N)CC2)cc1. The van der Waals surface area contributed by atoms with Crippen molar-refractivity contribution in [3.63, 3.8) is 0 Å². The quantitative estimate of drug-likeness (QED) is 0.577. The molecule has 0 saturated heterocycles. The van der Waals surface area contributed by atoms with Crippen LogP contribution in [-0.2, 0) is 14.8 Å². The first-order valence-electron chi connectivity index (χ1n) is 7.50. The molecular weight excluding hydrogens is 318 g/mol. The van der Waals surface area contributed by atoms with E-state index >= 15 is 0 Å². The van der Waals surface area contributed by atoms with E-state index in [1.165, 1.54) is 12.1 Å². The number of carbonyl (C=O) groups is 1. The van der Waals surface area contributed by atoms with Gasteiger partial charge in [0.05, 0.1) is 10.6 Å². The zero-order valence-electron chi connectivity index (χ0n) is 13.0. The summed E-state index contributed by atoms with van der Waals surface area (Å²) >= 11 is 0. The molecule has 2 rings (SSSR count). The lowest BCUT2D eigenvalue weighted by molar-refractivity contribution is -0.140. The van der Waals surface area contributed by atoms with Gasteiger partial charge in [-0.3, -0.25) is 4.79 Å². The predicted molar refractivity (Wildman–Crippen MR) is 86.0 cm³/mol. The van der Waals surface area contributed by atoms with E-state index in [9.17, 15) is 18.3 Å². The van der Waals surface area contributed by atoms with Gasteiger partial charge in [-0.05, 0) is 50.7 Å². The molecule has 8 heteroatoms. The van der Waals surface area contributed by atoms with Gasteiger partial charge in [0.25, 0.3) is 0 Å². The van der Waals surface area contributed by atoms with E-state index < -0.39 is 27.7 Å². The van der Waals surface area contributed by atoms with Gasteiger partial charge in [0.1, 0.15) is 6.04 Å². The second-order valence-electron chi connectivity index (χ2n) is 6.32. The largest absolute Gasteiger partial charge is 0.480 e. The summed E-state index contributed by atoms with van der Waals surface area (Å²) in [4.78, 5) is 11.6. The summed E-state index contributed by atoms with van der Waals surface area (Å²) in [5.74, 6) is -1.51. The van der Waals surface area contributed by atoms with Crippen molar-refractivity contribution in [3.05, 3.63) is 29.8 Å². The second-order valence-corrected chi connectivity index (χ2v) is 8.03. The van der Waals surface area contributed by atoms with Crippen LogP contribution in [0.5, 0.6) is 0 Å². The first kappa shape index (κ1) is 17.9. The van der Waals surface area contributed by atoms with Gasteiger partial charge in [-0.2, -0.15) is 4.72 Å². The Labute approximate surface area is 136 Å². The molecule has 1 unspecified atom stereocenters. The van der Waals surface area contributed by atoms with E-state index in [2.05, 4.69) is 4.72 Å². The lowest BCUT2D eigenvalue weighted by atomic mass is 9.79. The van der Waals surface area contributed by atoms with Gasteiger partial charge in [-0.15, -0.1) is 0 Å². The zero-order valence-corrected chi connectivity index (χ0v) is 13.8. The van der Waals surface area contributed by atoms with E-state index in [0.717, 1.165) is 5.56 Å². The van der Waals surface area contributed by atoms with Crippen molar-refractivity contribution in [1.29, 1.82) is 0 Å². The maximum absolute atomic E-state index is 12.4. The van der Waals surface area contributed by atoms with E-state index in [1.54, 1.807) is 12.1 Å². The van der Waals surface area contributed by atoms with Gasteiger partial charge < -0.3 is 16.6 Å². The van der Waals surface area contributed by atoms with Crippen molar-refractivity contribution >= 4 is 16.0 Å². The van der Waals surface area contributed by atoms with Crippen LogP contribution in [0.4, 0.5) is 0 Å². The van der Waals surface area contributed by atoms with Crippen molar-refractivity contribution in [2.75, 3.05) is 0 Å². The Bertz CT molecular complexity index is 660. The van der Waals surface area contributed by atoms with Crippen LogP contribution in [0.1, 0.15) is 31.2 Å². The lowest BCUT2D eigenvalue weighted by Gasteiger charge is -2.36. The molecule has 128 valence electrons. The maximum atomic E-state index is 12.4. The number of benzene rings is 1. The normalized spacial score (nSPS) is 20.1. The van der Waals surface area contributed by atoms with Crippen LogP contribution < -0.4 is 16.2 Å². The molecule has 1 fully saturated rings. The van der Waals surface area contributed by atoms with Crippen LogP contribution in [0.25, 0.3) is 0 Å². The van der Waals surface area contributed by atoms with Gasteiger partial charge in [0.15, 0.2) is 0 Å². The molecule has 0 radical (unpaired) electrons. The van der Waals surface area contributed by atoms with Crippen LogP contribution in [-0.4, -0.2) is 31.2 Å². The zero-order chi connectivity index (χ0) is 17.3. The van der Waals surface area contributed by atoms with Crippen molar-refractivity contribution in [2.45, 2.75) is 49.2 Å². The Balaban J connectivity index is 2.16. The van der Waals surface area contributed by atoms with Gasteiger partial charge >= 0.3 is 5.97 Å². The number of nitrogens with two attached hydrogens (primary N) is 2. The number of rotatable bonds is 5. The summed E-state index contributed by atoms with van der Waals surface area (Å²) in [7, 11) is -3.89. The Morgan fingerprint density at radius 1 is 1.26 bits per heavy atom. The molecule has 1 saturated carbocycles. The molecule has 0 heterocycles. The van der Waals surface area contributed by atoms with Crippen LogP contribution in [0, 0.1) is 12.8 Å². The number of nitrogens with one attached hydrogen (secondary N) is 1. The molecule has 1 aliphatic rings. The molecule has 1 aliphatic carbocycles. The molecule has 0 spiro atoms. The highest BCUT2D eigenvalue weighted by atomic mass is 32.2. The third-order valence-corrected chi connectivity index (χ3v) is 5.77. The number of carboxylic acids is 1. The van der Waals surface area contributed by atoms with Crippen molar-refractivity contribution in [3.8, 4) is 0 Å². The minimum Gasteiger partial charge on any atom is -0.480 e. The summed E-state index contributed by atoms with van der Waals surface area (Å²) < 4.78 is 27.1. The molecule has 0 bridgehead atoms. The van der Waals surface area contributed by atoms with E-state index in [4.69, 9.17) is 11.5 Å². The minimum absolute atomic E-state index is 0.0529. The van der Waals surface area contributed by atoms with E-state index in [0.29, 0.717) is 25.7 Å². The molecule has 6 N–H and O–H groups in total. The predicted octanol–water partition coefficient (Wildman–Crippen LogP) is 0.530. The summed E-state index contributed by atoms with van der Waals surface area (Å²) in [6, 6.07) is 5.08. The molecule has 23 heavy (non-hydrogen) atoms. The highest BCUT2D eigenvalue weighted by Gasteiger charge is 2.37. The van der Waals surface area contributed by atoms with E-state index in [1.807, 2.05) is 6.92 Å². The molecule has 7 nitrogen and oxygen atoms in total. The third kappa shape index (κ3) is 4.51. The Hall–Kier alpha value is -1.48. The summed E-state index contributed by atoms with van der Waals surface area (Å²) in [6.07, 6.45) is 1.88. The van der Waals surface area contributed by atoms with Gasteiger partial charge in [-0.1, -0.05) is 17.7 Å². The molecule has 0 amide bonds. The fourth-order valence-electron chi connectivity index (χ4n) is 2.81. The van der Waals surface area contributed by atoms with Crippen LogP contribution >= 0.6 is 0 Å². The lowest BCUT2D eigenvalue weighted by Crippen LogP contribution is -2.55.